The predicted molar refractivity (Wildman–Crippen MR) is 59.9 cm³/mol. The topological polar surface area (TPSA) is 29.1 Å². The number of carbonyl (C=O) groups excluding carboxylic acids is 1. The van der Waals surface area contributed by atoms with Crippen LogP contribution in [-0.2, 0) is 0 Å². The van der Waals surface area contributed by atoms with Crippen LogP contribution < -0.4 is 5.32 Å². The van der Waals surface area contributed by atoms with Gasteiger partial charge in [-0.25, -0.2) is 4.39 Å². The minimum atomic E-state index is -0.476. The summed E-state index contributed by atoms with van der Waals surface area (Å²) >= 11 is 3.00. The molecule has 0 aromatic heterocycles. The third kappa shape index (κ3) is 3.07. The van der Waals surface area contributed by atoms with Gasteiger partial charge in [0.05, 0.1) is 10.5 Å². The monoisotopic (exact) mass is 269 g/mol. The van der Waals surface area contributed by atoms with Gasteiger partial charge >= 0.3 is 0 Å². The largest absolute Gasteiger partial charge is 0.339 e. The molecule has 0 fully saturated rings. The van der Waals surface area contributed by atoms with E-state index in [0.717, 1.165) is 6.07 Å². The molecule has 15 heavy (non-hydrogen) atoms. The van der Waals surface area contributed by atoms with Gasteiger partial charge in [0.1, 0.15) is 5.82 Å². The first-order valence-corrected chi connectivity index (χ1v) is 5.06. The zero-order valence-corrected chi connectivity index (χ0v) is 9.64. The molecule has 0 spiro atoms. The Bertz CT molecular complexity index is 425. The van der Waals surface area contributed by atoms with E-state index in [0.29, 0.717) is 4.47 Å². The Balaban J connectivity index is 2.84. The number of hydrogen-bond donors (Lipinski definition) is 1. The zero-order valence-electron chi connectivity index (χ0n) is 8.05. The molecule has 0 saturated carbocycles. The fraction of sp³-hybridized carbons (Fsp3) is 0.182. The summed E-state index contributed by atoms with van der Waals surface area (Å²) in [4.78, 5) is 11.5. The van der Waals surface area contributed by atoms with Crippen molar-refractivity contribution in [2.45, 2.75) is 13.0 Å². The minimum Gasteiger partial charge on any atom is -0.339 e. The van der Waals surface area contributed by atoms with Crippen molar-refractivity contribution < 1.29 is 9.18 Å². The van der Waals surface area contributed by atoms with Crippen molar-refractivity contribution in [1.82, 2.24) is 5.32 Å². The number of carbonyl (C=O) groups is 1. The summed E-state index contributed by atoms with van der Waals surface area (Å²) in [5.41, 5.74) is 0.248. The molecule has 2 nitrogen and oxygen atoms in total. The van der Waals surface area contributed by atoms with Crippen LogP contribution in [0.2, 0.25) is 0 Å². The molecule has 1 aromatic rings. The molecule has 0 aliphatic rings. The van der Waals surface area contributed by atoms with Crippen LogP contribution in [0.5, 0.6) is 0 Å². The average Bonchev–Trinajstić information content (AvgIpc) is 2.21. The van der Waals surface area contributed by atoms with E-state index < -0.39 is 5.82 Å². The summed E-state index contributed by atoms with van der Waals surface area (Å²) in [5, 5.41) is 2.54. The van der Waals surface area contributed by atoms with Crippen LogP contribution in [0.1, 0.15) is 17.3 Å². The van der Waals surface area contributed by atoms with E-state index >= 15 is 0 Å². The number of nitrogens with one attached hydrogen (secondary N) is 1. The Morgan fingerprint density at radius 3 is 2.87 bits per heavy atom. The van der Waals surface area contributed by atoms with Crippen molar-refractivity contribution in [2.75, 3.05) is 0 Å². The van der Waals surface area contributed by atoms with Gasteiger partial charge in [0.15, 0.2) is 0 Å². The molecule has 0 aliphatic heterocycles. The van der Waals surface area contributed by atoms with E-state index in [1.165, 1.54) is 12.1 Å². The fourth-order valence-electron chi connectivity index (χ4n) is 0.959. The summed E-state index contributed by atoms with van der Waals surface area (Å²) < 4.78 is 13.4. The number of terminal acetylenes is 1. The second-order valence-corrected chi connectivity index (χ2v) is 3.85. The highest BCUT2D eigenvalue weighted by Crippen LogP contribution is 2.16. The van der Waals surface area contributed by atoms with Crippen LogP contribution in [0.25, 0.3) is 0 Å². The van der Waals surface area contributed by atoms with Crippen molar-refractivity contribution >= 4 is 21.8 Å². The highest BCUT2D eigenvalue weighted by molar-refractivity contribution is 9.10. The van der Waals surface area contributed by atoms with E-state index in [-0.39, 0.29) is 17.5 Å². The molecule has 4 heteroatoms. The number of rotatable bonds is 2. The van der Waals surface area contributed by atoms with Gasteiger partial charge in [-0.1, -0.05) is 5.92 Å². The molecule has 1 atom stereocenters. The molecule has 78 valence electrons. The van der Waals surface area contributed by atoms with Crippen molar-refractivity contribution in [3.05, 3.63) is 34.1 Å². The van der Waals surface area contributed by atoms with Crippen molar-refractivity contribution in [1.29, 1.82) is 0 Å². The maximum absolute atomic E-state index is 13.1. The Morgan fingerprint density at radius 1 is 1.67 bits per heavy atom. The Morgan fingerprint density at radius 2 is 2.33 bits per heavy atom. The SMILES string of the molecule is C#CC(C)NC(=O)c1ccc(Br)c(F)c1. The van der Waals surface area contributed by atoms with E-state index in [4.69, 9.17) is 6.42 Å². The van der Waals surface area contributed by atoms with Gasteiger partial charge in [-0.05, 0) is 41.1 Å². The second-order valence-electron chi connectivity index (χ2n) is 2.99. The fourth-order valence-corrected chi connectivity index (χ4v) is 1.21. The van der Waals surface area contributed by atoms with Crippen molar-refractivity contribution in [3.8, 4) is 12.3 Å². The third-order valence-corrected chi connectivity index (χ3v) is 2.42. The van der Waals surface area contributed by atoms with Gasteiger partial charge in [0.2, 0.25) is 0 Å². The standard InChI is InChI=1S/C11H9BrFNO/c1-3-7(2)14-11(15)8-4-5-9(12)10(13)6-8/h1,4-7H,2H3,(H,14,15). The van der Waals surface area contributed by atoms with Gasteiger partial charge in [0, 0.05) is 5.56 Å². The third-order valence-electron chi connectivity index (χ3n) is 1.78. The van der Waals surface area contributed by atoms with Crippen LogP contribution in [0.15, 0.2) is 22.7 Å². The normalized spacial score (nSPS) is 11.6. The number of amides is 1. The molecule has 1 amide bonds. The van der Waals surface area contributed by atoms with E-state index in [2.05, 4.69) is 27.2 Å². The molecule has 1 N–H and O–H groups in total. The highest BCUT2D eigenvalue weighted by atomic mass is 79.9. The molecular formula is C11H9BrFNO. The molecule has 0 aliphatic carbocycles. The van der Waals surface area contributed by atoms with Gasteiger partial charge in [-0.3, -0.25) is 4.79 Å². The Kier molecular flexibility index (Phi) is 3.87. The lowest BCUT2D eigenvalue weighted by Gasteiger charge is -2.07. The first-order valence-electron chi connectivity index (χ1n) is 4.26. The molecule has 1 unspecified atom stereocenters. The summed E-state index contributed by atoms with van der Waals surface area (Å²) in [7, 11) is 0. The first kappa shape index (κ1) is 11.7. The van der Waals surface area contributed by atoms with Crippen LogP contribution >= 0.6 is 15.9 Å². The molecule has 0 heterocycles. The number of halogens is 2. The second kappa shape index (κ2) is 4.94. The highest BCUT2D eigenvalue weighted by Gasteiger charge is 2.09. The summed E-state index contributed by atoms with van der Waals surface area (Å²) in [6, 6.07) is 3.78. The van der Waals surface area contributed by atoms with Crippen molar-refractivity contribution in [3.63, 3.8) is 0 Å². The quantitative estimate of drug-likeness (QED) is 0.821. The van der Waals surface area contributed by atoms with Gasteiger partial charge in [-0.2, -0.15) is 0 Å². The zero-order chi connectivity index (χ0) is 11.4. The van der Waals surface area contributed by atoms with Gasteiger partial charge in [0.25, 0.3) is 5.91 Å². The predicted octanol–water partition coefficient (Wildman–Crippen LogP) is 2.34. The number of benzene rings is 1. The first-order chi connectivity index (χ1) is 7.04. The molecule has 0 saturated heterocycles. The van der Waals surface area contributed by atoms with Crippen LogP contribution in [0.4, 0.5) is 4.39 Å². The Labute approximate surface area is 96.0 Å². The summed E-state index contributed by atoms with van der Waals surface area (Å²) in [6.07, 6.45) is 5.11. The maximum Gasteiger partial charge on any atom is 0.252 e. The molecule has 0 radical (unpaired) electrons. The lowest BCUT2D eigenvalue weighted by molar-refractivity contribution is 0.0947. The summed E-state index contributed by atoms with van der Waals surface area (Å²) in [6.45, 7) is 1.67. The summed E-state index contributed by atoms with van der Waals surface area (Å²) in [5.74, 6) is 1.50. The van der Waals surface area contributed by atoms with Crippen LogP contribution in [-0.4, -0.2) is 11.9 Å². The smallest absolute Gasteiger partial charge is 0.252 e. The van der Waals surface area contributed by atoms with Gasteiger partial charge < -0.3 is 5.32 Å². The van der Waals surface area contributed by atoms with Gasteiger partial charge in [-0.15, -0.1) is 6.42 Å². The molecular weight excluding hydrogens is 261 g/mol. The Hall–Kier alpha value is -1.34. The lowest BCUT2D eigenvalue weighted by atomic mass is 10.2. The van der Waals surface area contributed by atoms with Crippen molar-refractivity contribution in [2.24, 2.45) is 0 Å². The molecule has 1 rings (SSSR count). The molecule has 1 aromatic carbocycles. The minimum absolute atomic E-state index is 0.248. The van der Waals surface area contributed by atoms with E-state index in [1.807, 2.05) is 0 Å². The van der Waals surface area contributed by atoms with E-state index in [9.17, 15) is 9.18 Å². The van der Waals surface area contributed by atoms with Crippen LogP contribution in [0.3, 0.4) is 0 Å². The molecule has 0 bridgehead atoms. The lowest BCUT2D eigenvalue weighted by Crippen LogP contribution is -2.31. The number of hydrogen-bond acceptors (Lipinski definition) is 1. The van der Waals surface area contributed by atoms with Crippen LogP contribution in [0, 0.1) is 18.2 Å². The maximum atomic E-state index is 13.1. The average molecular weight is 270 g/mol. The van der Waals surface area contributed by atoms with E-state index in [1.54, 1.807) is 6.92 Å².